The molecule has 1 aromatic rings. The van der Waals surface area contributed by atoms with Crippen LogP contribution in [0.4, 0.5) is 0 Å². The van der Waals surface area contributed by atoms with Crippen molar-refractivity contribution in [3.8, 4) is 5.75 Å². The number of halogens is 1. The molecule has 1 unspecified atom stereocenters. The first kappa shape index (κ1) is 15.5. The molecule has 1 N–H and O–H groups in total. The summed E-state index contributed by atoms with van der Waals surface area (Å²) < 4.78 is 22.2. The van der Waals surface area contributed by atoms with Gasteiger partial charge in [-0.05, 0) is 26.0 Å². The number of carbonyl (C=O) groups excluding carboxylic acids is 1. The monoisotopic (exact) mass is 383 g/mol. The second-order valence-corrected chi connectivity index (χ2v) is 9.03. The molecule has 18 heavy (non-hydrogen) atoms. The van der Waals surface area contributed by atoms with Crippen LogP contribution in [0.25, 0.3) is 0 Å². The highest BCUT2D eigenvalue weighted by atomic mass is 127. The minimum Gasteiger partial charge on any atom is -0.462 e. The Balaban J connectivity index is 2.45. The molecule has 0 radical (unpaired) electrons. The van der Waals surface area contributed by atoms with E-state index in [1.165, 1.54) is 0 Å². The molecular formula is C11H15INO4P. The van der Waals surface area contributed by atoms with Gasteiger partial charge in [-0.15, -0.1) is 0 Å². The van der Waals surface area contributed by atoms with Crippen LogP contribution < -0.4 is 9.61 Å². The molecule has 0 saturated heterocycles. The number of carbonyl (C=O) groups is 1. The average molecular weight is 383 g/mol. The van der Waals surface area contributed by atoms with E-state index >= 15 is 0 Å². The van der Waals surface area contributed by atoms with Crippen molar-refractivity contribution in [2.45, 2.75) is 20.0 Å². The molecule has 0 aromatic heterocycles. The number of benzene rings is 1. The van der Waals surface area contributed by atoms with Gasteiger partial charge in [0.15, 0.2) is 0 Å². The largest absolute Gasteiger partial charge is 0.462 e. The average Bonchev–Trinajstić information content (AvgIpc) is 2.26. The molecule has 0 amide bonds. The van der Waals surface area contributed by atoms with Crippen LogP contribution in [0, 0.1) is 0 Å². The Morgan fingerprint density at radius 1 is 1.39 bits per heavy atom. The zero-order valence-corrected chi connectivity index (χ0v) is 13.2. The summed E-state index contributed by atoms with van der Waals surface area (Å²) in [6.07, 6.45) is -0.192. The van der Waals surface area contributed by atoms with Crippen LogP contribution in [-0.4, -0.2) is 18.6 Å². The summed E-state index contributed by atoms with van der Waals surface area (Å²) in [6.45, 7) is 3.36. The van der Waals surface area contributed by atoms with Gasteiger partial charge in [0.1, 0.15) is 12.3 Å². The van der Waals surface area contributed by atoms with E-state index in [-0.39, 0.29) is 12.6 Å². The Morgan fingerprint density at radius 2 is 2.00 bits per heavy atom. The highest BCUT2D eigenvalue weighted by molar-refractivity contribution is 14.2. The van der Waals surface area contributed by atoms with Crippen molar-refractivity contribution >= 4 is 33.2 Å². The van der Waals surface area contributed by atoms with Crippen molar-refractivity contribution in [3.63, 3.8) is 0 Å². The van der Waals surface area contributed by atoms with Gasteiger partial charge < -0.3 is 9.26 Å². The third-order valence-corrected chi connectivity index (χ3v) is 4.34. The summed E-state index contributed by atoms with van der Waals surface area (Å²) in [4.78, 5) is 11.3. The summed E-state index contributed by atoms with van der Waals surface area (Å²) in [5, 5.41) is -0.534. The molecule has 7 heteroatoms. The Labute approximate surface area is 119 Å². The Bertz CT molecular complexity index is 438. The molecule has 0 aliphatic rings. The van der Waals surface area contributed by atoms with Crippen LogP contribution in [-0.2, 0) is 14.1 Å². The molecule has 0 aliphatic heterocycles. The van der Waals surface area contributed by atoms with Crippen LogP contribution in [0.5, 0.6) is 5.75 Å². The van der Waals surface area contributed by atoms with E-state index < -0.39 is 11.1 Å². The third kappa shape index (κ3) is 6.37. The standard InChI is InChI=1S/C11H15INO4P/c1-9(2)16-11(14)8-13-18(12,15)17-10-6-4-3-5-7-10/h3-7,9H,8H2,1-2H3,(H,13,15). The second kappa shape index (κ2) is 7.11. The number of ether oxygens (including phenoxy) is 1. The number of rotatable bonds is 6. The molecule has 1 atom stereocenters. The van der Waals surface area contributed by atoms with Gasteiger partial charge in [0.2, 0.25) is 0 Å². The first-order chi connectivity index (χ1) is 8.39. The quantitative estimate of drug-likeness (QED) is 0.465. The lowest BCUT2D eigenvalue weighted by Crippen LogP contribution is -2.24. The molecule has 1 rings (SSSR count). The molecule has 100 valence electrons. The van der Waals surface area contributed by atoms with E-state index in [0.29, 0.717) is 5.75 Å². The number of hydrogen-bond donors (Lipinski definition) is 1. The molecule has 5 nitrogen and oxygen atoms in total. The van der Waals surface area contributed by atoms with Gasteiger partial charge >= 0.3 is 11.1 Å². The van der Waals surface area contributed by atoms with Gasteiger partial charge in [-0.3, -0.25) is 4.79 Å². The molecule has 0 bridgehead atoms. The van der Waals surface area contributed by atoms with Crippen LogP contribution >= 0.6 is 27.2 Å². The van der Waals surface area contributed by atoms with E-state index in [2.05, 4.69) is 5.09 Å². The summed E-state index contributed by atoms with van der Waals surface area (Å²) >= 11 is 1.66. The fourth-order valence-electron chi connectivity index (χ4n) is 1.11. The fourth-order valence-corrected chi connectivity index (χ4v) is 3.08. The second-order valence-electron chi connectivity index (χ2n) is 3.76. The topological polar surface area (TPSA) is 64.6 Å². The predicted molar refractivity (Wildman–Crippen MR) is 77.9 cm³/mol. The lowest BCUT2D eigenvalue weighted by atomic mass is 10.3. The minimum absolute atomic E-state index is 0.148. The van der Waals surface area contributed by atoms with E-state index in [1.807, 2.05) is 6.07 Å². The molecule has 0 heterocycles. The van der Waals surface area contributed by atoms with Gasteiger partial charge in [-0.1, -0.05) is 18.2 Å². The first-order valence-electron chi connectivity index (χ1n) is 5.38. The fraction of sp³-hybridized carbons (Fsp3) is 0.364. The van der Waals surface area contributed by atoms with Crippen molar-refractivity contribution in [2.24, 2.45) is 0 Å². The molecule has 1 aromatic carbocycles. The Hall–Kier alpha value is -0.590. The highest BCUT2D eigenvalue weighted by Crippen LogP contribution is 2.51. The van der Waals surface area contributed by atoms with Gasteiger partial charge in [0, 0.05) is 0 Å². The van der Waals surface area contributed by atoms with Gasteiger partial charge in [-0.25, -0.2) is 9.65 Å². The number of hydrogen-bond acceptors (Lipinski definition) is 4. The molecular weight excluding hydrogens is 368 g/mol. The summed E-state index contributed by atoms with van der Waals surface area (Å²) in [6, 6.07) is 8.77. The zero-order valence-electron chi connectivity index (χ0n) is 10.1. The number of para-hydroxylation sites is 1. The third-order valence-electron chi connectivity index (χ3n) is 1.75. The van der Waals surface area contributed by atoms with Crippen molar-refractivity contribution in [3.05, 3.63) is 30.3 Å². The van der Waals surface area contributed by atoms with E-state index in [9.17, 15) is 9.36 Å². The lowest BCUT2D eigenvalue weighted by molar-refractivity contribution is -0.145. The highest BCUT2D eigenvalue weighted by Gasteiger charge is 2.21. The maximum absolute atomic E-state index is 12.0. The van der Waals surface area contributed by atoms with Crippen molar-refractivity contribution in [2.75, 3.05) is 6.54 Å². The van der Waals surface area contributed by atoms with Gasteiger partial charge in [0.05, 0.1) is 28.1 Å². The Kier molecular flexibility index (Phi) is 6.11. The smallest absolute Gasteiger partial charge is 0.374 e. The maximum atomic E-state index is 12.0. The van der Waals surface area contributed by atoms with Gasteiger partial charge in [0.25, 0.3) is 0 Å². The summed E-state index contributed by atoms with van der Waals surface area (Å²) in [7, 11) is 0. The SMILES string of the molecule is CC(C)OC(=O)CNP(=O)(I)Oc1ccccc1. The molecule has 0 aliphatic carbocycles. The van der Waals surface area contributed by atoms with Crippen molar-refractivity contribution in [1.29, 1.82) is 0 Å². The van der Waals surface area contributed by atoms with Crippen molar-refractivity contribution in [1.82, 2.24) is 5.09 Å². The van der Waals surface area contributed by atoms with Crippen LogP contribution in [0.15, 0.2) is 30.3 Å². The first-order valence-corrected chi connectivity index (χ1v) is 9.79. The van der Waals surface area contributed by atoms with Crippen LogP contribution in [0.1, 0.15) is 13.8 Å². The predicted octanol–water partition coefficient (Wildman–Crippen LogP) is 3.15. The maximum Gasteiger partial charge on any atom is 0.374 e. The number of nitrogens with one attached hydrogen (secondary N) is 1. The van der Waals surface area contributed by atoms with Crippen LogP contribution in [0.2, 0.25) is 0 Å². The molecule has 0 fully saturated rings. The minimum atomic E-state index is -3.09. The van der Waals surface area contributed by atoms with Crippen LogP contribution in [0.3, 0.4) is 0 Å². The van der Waals surface area contributed by atoms with E-state index in [1.54, 1.807) is 60.2 Å². The van der Waals surface area contributed by atoms with E-state index in [0.717, 1.165) is 0 Å². The number of esters is 1. The summed E-state index contributed by atoms with van der Waals surface area (Å²) in [5.74, 6) is 0.0264. The summed E-state index contributed by atoms with van der Waals surface area (Å²) in [5.41, 5.74) is 0. The lowest BCUT2D eigenvalue weighted by Gasteiger charge is -2.14. The van der Waals surface area contributed by atoms with Crippen molar-refractivity contribution < 1.29 is 18.6 Å². The molecule has 0 saturated carbocycles. The normalized spacial score (nSPS) is 14.0. The Morgan fingerprint density at radius 3 is 2.56 bits per heavy atom. The zero-order chi connectivity index (χ0) is 13.6. The van der Waals surface area contributed by atoms with E-state index in [4.69, 9.17) is 9.26 Å². The molecule has 0 spiro atoms. The van der Waals surface area contributed by atoms with Gasteiger partial charge in [-0.2, -0.15) is 0 Å².